The summed E-state index contributed by atoms with van der Waals surface area (Å²) >= 11 is 11.3. The monoisotopic (exact) mass is 283 g/mol. The average Bonchev–Trinajstić information content (AvgIpc) is 2.28. The molecule has 1 rings (SSSR count). The number of methoxy groups -OCH3 is 1. The van der Waals surface area contributed by atoms with E-state index in [2.05, 4.69) is 9.72 Å². The largest absolute Gasteiger partial charge is 0.469 e. The number of ether oxygens (including phenoxy) is 1. The topological polar surface area (TPSA) is 39.2 Å². The Kier molecular flexibility index (Phi) is 5.08. The lowest BCUT2D eigenvalue weighted by Crippen LogP contribution is -2.09. The molecule has 3 nitrogen and oxygen atoms in total. The number of rotatable bonds is 4. The zero-order valence-electron chi connectivity index (χ0n) is 8.84. The number of esters is 1. The van der Waals surface area contributed by atoms with Crippen molar-refractivity contribution in [3.63, 3.8) is 0 Å². The summed E-state index contributed by atoms with van der Waals surface area (Å²) in [5.74, 6) is -0.708. The Bertz CT molecular complexity index is 427. The van der Waals surface area contributed by atoms with Gasteiger partial charge in [-0.3, -0.25) is 4.79 Å². The quantitative estimate of drug-likeness (QED) is 0.630. The predicted molar refractivity (Wildman–Crippen MR) is 59.5 cm³/mol. The van der Waals surface area contributed by atoms with E-state index in [4.69, 9.17) is 23.2 Å². The second-order valence-corrected chi connectivity index (χ2v) is 3.82. The number of aromatic nitrogens is 1. The molecule has 1 aromatic heterocycles. The lowest BCUT2D eigenvalue weighted by molar-refractivity contribution is -0.139. The van der Waals surface area contributed by atoms with Crippen LogP contribution in [0.1, 0.15) is 23.4 Å². The molecule has 7 heteroatoms. The number of nitrogens with zero attached hydrogens (tertiary/aromatic N) is 1. The molecule has 1 heterocycles. The van der Waals surface area contributed by atoms with Gasteiger partial charge in [-0.25, -0.2) is 13.8 Å². The Labute approximate surface area is 107 Å². The minimum absolute atomic E-state index is 0.0470. The molecule has 0 atom stereocenters. The van der Waals surface area contributed by atoms with Crippen LogP contribution in [0.15, 0.2) is 6.07 Å². The summed E-state index contributed by atoms with van der Waals surface area (Å²) in [4.78, 5) is 14.7. The van der Waals surface area contributed by atoms with Crippen LogP contribution in [0, 0.1) is 0 Å². The highest BCUT2D eigenvalue weighted by Gasteiger charge is 2.20. The fraction of sp³-hybridized carbons (Fsp3) is 0.400. The molecule has 0 N–H and O–H groups in total. The second kappa shape index (κ2) is 6.12. The van der Waals surface area contributed by atoms with E-state index in [9.17, 15) is 13.6 Å². The first-order valence-electron chi connectivity index (χ1n) is 4.58. The normalized spacial score (nSPS) is 10.7. The van der Waals surface area contributed by atoms with Crippen LogP contribution in [0.4, 0.5) is 8.78 Å². The Hall–Kier alpha value is -0.940. The maximum Gasteiger partial charge on any atom is 0.310 e. The molecule has 0 aliphatic rings. The molecule has 0 bridgehead atoms. The van der Waals surface area contributed by atoms with Crippen molar-refractivity contribution in [3.05, 3.63) is 28.0 Å². The van der Waals surface area contributed by atoms with E-state index in [1.807, 2.05) is 0 Å². The molecular weight excluding hydrogens is 275 g/mol. The summed E-state index contributed by atoms with van der Waals surface area (Å²) in [6.07, 6.45) is -3.10. The molecule has 17 heavy (non-hydrogen) atoms. The third kappa shape index (κ3) is 3.51. The molecule has 0 aliphatic carbocycles. The molecule has 0 aliphatic heterocycles. The number of hydrogen-bond acceptors (Lipinski definition) is 3. The molecule has 0 saturated carbocycles. The summed E-state index contributed by atoms with van der Waals surface area (Å²) in [6, 6.07) is 1.27. The first-order valence-corrected chi connectivity index (χ1v) is 5.50. The molecule has 0 spiro atoms. The SMILES string of the molecule is COC(=O)Cc1cc(Cl)c(CCl)nc1C(F)F. The Morgan fingerprint density at radius 2 is 2.24 bits per heavy atom. The molecule has 0 unspecified atom stereocenters. The van der Waals surface area contributed by atoms with Gasteiger partial charge in [0, 0.05) is 0 Å². The third-order valence-electron chi connectivity index (χ3n) is 2.06. The standard InChI is InChI=1S/C10H9Cl2F2NO2/c1-17-8(16)3-5-2-6(12)7(4-11)15-9(5)10(13)14/h2,10H,3-4H2,1H3. The average molecular weight is 284 g/mol. The Morgan fingerprint density at radius 3 is 2.71 bits per heavy atom. The van der Waals surface area contributed by atoms with Gasteiger partial charge < -0.3 is 4.74 Å². The van der Waals surface area contributed by atoms with Gasteiger partial charge in [-0.15, -0.1) is 11.6 Å². The van der Waals surface area contributed by atoms with E-state index >= 15 is 0 Å². The van der Waals surface area contributed by atoms with E-state index in [0.29, 0.717) is 0 Å². The first kappa shape index (κ1) is 14.1. The van der Waals surface area contributed by atoms with Crippen molar-refractivity contribution in [1.29, 1.82) is 0 Å². The van der Waals surface area contributed by atoms with Gasteiger partial charge in [0.1, 0.15) is 5.69 Å². The number of halogens is 4. The van der Waals surface area contributed by atoms with Crippen LogP contribution in [0.5, 0.6) is 0 Å². The summed E-state index contributed by atoms with van der Waals surface area (Å²) in [5.41, 5.74) is -0.279. The number of alkyl halides is 3. The van der Waals surface area contributed by atoms with Crippen LogP contribution in [0.2, 0.25) is 5.02 Å². The van der Waals surface area contributed by atoms with Crippen LogP contribution < -0.4 is 0 Å². The number of hydrogen-bond donors (Lipinski definition) is 0. The second-order valence-electron chi connectivity index (χ2n) is 3.15. The lowest BCUT2D eigenvalue weighted by atomic mass is 10.1. The van der Waals surface area contributed by atoms with Crippen molar-refractivity contribution < 1.29 is 18.3 Å². The minimum Gasteiger partial charge on any atom is -0.469 e. The van der Waals surface area contributed by atoms with E-state index in [-0.39, 0.29) is 28.6 Å². The molecule has 0 amide bonds. The van der Waals surface area contributed by atoms with Crippen LogP contribution >= 0.6 is 23.2 Å². The highest BCUT2D eigenvalue weighted by atomic mass is 35.5. The van der Waals surface area contributed by atoms with Gasteiger partial charge in [-0.1, -0.05) is 11.6 Å². The van der Waals surface area contributed by atoms with Gasteiger partial charge in [0.25, 0.3) is 6.43 Å². The molecule has 1 aromatic rings. The molecule has 0 radical (unpaired) electrons. The Balaban J connectivity index is 3.18. The Morgan fingerprint density at radius 1 is 1.59 bits per heavy atom. The summed E-state index contributed by atoms with van der Waals surface area (Å²) < 4.78 is 29.9. The minimum atomic E-state index is -2.80. The smallest absolute Gasteiger partial charge is 0.310 e. The van der Waals surface area contributed by atoms with E-state index in [0.717, 1.165) is 0 Å². The summed E-state index contributed by atoms with van der Waals surface area (Å²) in [7, 11) is 1.17. The van der Waals surface area contributed by atoms with Gasteiger partial charge >= 0.3 is 5.97 Å². The number of carbonyl (C=O) groups is 1. The number of carbonyl (C=O) groups excluding carboxylic acids is 1. The summed E-state index contributed by atoms with van der Waals surface area (Å²) in [6.45, 7) is 0. The third-order valence-corrected chi connectivity index (χ3v) is 2.64. The van der Waals surface area contributed by atoms with Crippen molar-refractivity contribution >= 4 is 29.2 Å². The molecule has 0 aromatic carbocycles. The van der Waals surface area contributed by atoms with Gasteiger partial charge in [0.05, 0.1) is 30.1 Å². The van der Waals surface area contributed by atoms with Gasteiger partial charge in [0.15, 0.2) is 0 Å². The van der Waals surface area contributed by atoms with Crippen molar-refractivity contribution in [3.8, 4) is 0 Å². The lowest BCUT2D eigenvalue weighted by Gasteiger charge is -2.10. The van der Waals surface area contributed by atoms with Crippen LogP contribution in [0.3, 0.4) is 0 Å². The van der Waals surface area contributed by atoms with Crippen LogP contribution in [-0.4, -0.2) is 18.1 Å². The predicted octanol–water partition coefficient (Wildman–Crippen LogP) is 3.13. The molecule has 94 valence electrons. The van der Waals surface area contributed by atoms with Gasteiger partial charge in [-0.2, -0.15) is 0 Å². The first-order chi connectivity index (χ1) is 7.99. The van der Waals surface area contributed by atoms with Crippen LogP contribution in [0.25, 0.3) is 0 Å². The van der Waals surface area contributed by atoms with E-state index < -0.39 is 18.1 Å². The highest BCUT2D eigenvalue weighted by molar-refractivity contribution is 6.32. The van der Waals surface area contributed by atoms with Crippen molar-refractivity contribution in [2.45, 2.75) is 18.7 Å². The van der Waals surface area contributed by atoms with Crippen molar-refractivity contribution in [2.24, 2.45) is 0 Å². The number of pyridine rings is 1. The van der Waals surface area contributed by atoms with E-state index in [1.54, 1.807) is 0 Å². The fourth-order valence-corrected chi connectivity index (χ4v) is 1.75. The maximum atomic E-state index is 12.7. The molecular formula is C10H9Cl2F2NO2. The van der Waals surface area contributed by atoms with Crippen LogP contribution in [-0.2, 0) is 21.8 Å². The van der Waals surface area contributed by atoms with Gasteiger partial charge in [0.2, 0.25) is 0 Å². The van der Waals surface area contributed by atoms with Gasteiger partial charge in [-0.05, 0) is 11.6 Å². The van der Waals surface area contributed by atoms with Crippen molar-refractivity contribution in [2.75, 3.05) is 7.11 Å². The van der Waals surface area contributed by atoms with E-state index in [1.165, 1.54) is 13.2 Å². The van der Waals surface area contributed by atoms with Crippen molar-refractivity contribution in [1.82, 2.24) is 4.98 Å². The molecule has 0 fully saturated rings. The zero-order chi connectivity index (χ0) is 13.0. The highest BCUT2D eigenvalue weighted by Crippen LogP contribution is 2.27. The molecule has 0 saturated heterocycles. The fourth-order valence-electron chi connectivity index (χ4n) is 1.23. The summed E-state index contributed by atoms with van der Waals surface area (Å²) in [5, 5.41) is 0.156. The maximum absolute atomic E-state index is 12.7. The zero-order valence-corrected chi connectivity index (χ0v) is 10.4.